The van der Waals surface area contributed by atoms with Gasteiger partial charge in [0.1, 0.15) is 12.7 Å². The lowest BCUT2D eigenvalue weighted by Gasteiger charge is -2.25. The zero-order chi connectivity index (χ0) is 18.5. The highest BCUT2D eigenvalue weighted by Gasteiger charge is 2.19. The van der Waals surface area contributed by atoms with Crippen molar-refractivity contribution in [3.8, 4) is 5.69 Å². The second-order valence-electron chi connectivity index (χ2n) is 6.15. The van der Waals surface area contributed by atoms with Crippen molar-refractivity contribution in [1.82, 2.24) is 19.7 Å². The Morgan fingerprint density at radius 3 is 2.42 bits per heavy atom. The van der Waals surface area contributed by atoms with Gasteiger partial charge in [-0.05, 0) is 48.6 Å². The first-order valence-electron chi connectivity index (χ1n) is 8.40. The molecule has 0 bridgehead atoms. The predicted molar refractivity (Wildman–Crippen MR) is 106 cm³/mol. The Morgan fingerprint density at radius 1 is 1.15 bits per heavy atom. The van der Waals surface area contributed by atoms with Gasteiger partial charge in [0, 0.05) is 18.4 Å². The van der Waals surface area contributed by atoms with Crippen LogP contribution >= 0.6 is 11.8 Å². The van der Waals surface area contributed by atoms with E-state index < -0.39 is 0 Å². The number of hydrogen-bond donors (Lipinski definition) is 0. The van der Waals surface area contributed by atoms with Crippen LogP contribution in [0.25, 0.3) is 5.69 Å². The molecular weight excluding hydrogens is 344 g/mol. The van der Waals surface area contributed by atoms with E-state index in [-0.39, 0.29) is 11.9 Å². The summed E-state index contributed by atoms with van der Waals surface area (Å²) in [5.41, 5.74) is 3.96. The van der Waals surface area contributed by atoms with E-state index in [1.807, 2.05) is 62.5 Å². The molecule has 1 amide bonds. The summed E-state index contributed by atoms with van der Waals surface area (Å²) < 4.78 is 1.71. The molecule has 0 N–H and O–H groups in total. The maximum Gasteiger partial charge on any atom is 0.254 e. The highest BCUT2D eigenvalue weighted by molar-refractivity contribution is 7.97. The minimum absolute atomic E-state index is 0.0218. The first-order valence-corrected chi connectivity index (χ1v) is 9.79. The number of rotatable bonds is 6. The largest absolute Gasteiger partial charge is 0.335 e. The van der Waals surface area contributed by atoms with E-state index in [1.165, 1.54) is 11.9 Å². The lowest BCUT2D eigenvalue weighted by molar-refractivity contribution is 0.0742. The number of amides is 1. The Kier molecular flexibility index (Phi) is 5.73. The molecule has 134 valence electrons. The van der Waals surface area contributed by atoms with Gasteiger partial charge in [-0.2, -0.15) is 16.9 Å². The topological polar surface area (TPSA) is 51.0 Å². The summed E-state index contributed by atoms with van der Waals surface area (Å²) in [6, 6.07) is 15.8. The monoisotopic (exact) mass is 366 g/mol. The molecule has 2 aromatic carbocycles. The molecule has 3 rings (SSSR count). The van der Waals surface area contributed by atoms with Gasteiger partial charge in [0.25, 0.3) is 5.91 Å². The van der Waals surface area contributed by atoms with Crippen LogP contribution in [0.5, 0.6) is 0 Å². The number of hydrogen-bond acceptors (Lipinski definition) is 4. The maximum absolute atomic E-state index is 12.8. The number of aromatic nitrogens is 3. The number of carbonyl (C=O) groups is 1. The molecule has 0 radical (unpaired) electrons. The van der Waals surface area contributed by atoms with Crippen LogP contribution in [-0.4, -0.2) is 38.9 Å². The molecule has 1 atom stereocenters. The van der Waals surface area contributed by atoms with E-state index in [1.54, 1.807) is 27.7 Å². The van der Waals surface area contributed by atoms with E-state index in [2.05, 4.69) is 16.3 Å². The zero-order valence-electron chi connectivity index (χ0n) is 15.2. The standard InChI is InChI=1S/C20H22N4OS/c1-15(17-8-10-19(11-9-17)24-14-21-13-22-24)23(2)20(25)18-6-4-16(5-7-18)12-26-3/h4-11,13-15H,12H2,1-3H3. The van der Waals surface area contributed by atoms with E-state index in [0.717, 1.165) is 17.0 Å². The molecule has 0 aliphatic heterocycles. The summed E-state index contributed by atoms with van der Waals surface area (Å²) in [6.07, 6.45) is 5.24. The molecule has 0 aliphatic carbocycles. The minimum atomic E-state index is -0.0295. The third kappa shape index (κ3) is 3.96. The van der Waals surface area contributed by atoms with Gasteiger partial charge in [-0.15, -0.1) is 0 Å². The van der Waals surface area contributed by atoms with Crippen molar-refractivity contribution in [1.29, 1.82) is 0 Å². The van der Waals surface area contributed by atoms with Crippen LogP contribution < -0.4 is 0 Å². The lowest BCUT2D eigenvalue weighted by Crippen LogP contribution is -2.29. The molecule has 0 spiro atoms. The predicted octanol–water partition coefficient (Wildman–Crippen LogP) is 3.96. The Bertz CT molecular complexity index is 845. The van der Waals surface area contributed by atoms with Crippen molar-refractivity contribution in [2.75, 3.05) is 13.3 Å². The lowest BCUT2D eigenvalue weighted by atomic mass is 10.1. The molecule has 26 heavy (non-hydrogen) atoms. The van der Waals surface area contributed by atoms with E-state index >= 15 is 0 Å². The van der Waals surface area contributed by atoms with Gasteiger partial charge in [-0.25, -0.2) is 9.67 Å². The molecule has 1 heterocycles. The van der Waals surface area contributed by atoms with Crippen LogP contribution in [0.15, 0.2) is 61.2 Å². The first-order chi connectivity index (χ1) is 12.6. The van der Waals surface area contributed by atoms with E-state index in [4.69, 9.17) is 0 Å². The Balaban J connectivity index is 1.72. The Hall–Kier alpha value is -2.60. The highest BCUT2D eigenvalue weighted by atomic mass is 32.2. The molecule has 3 aromatic rings. The van der Waals surface area contributed by atoms with Gasteiger partial charge in [-0.1, -0.05) is 24.3 Å². The van der Waals surface area contributed by atoms with Crippen LogP contribution in [0.2, 0.25) is 0 Å². The molecule has 1 aromatic heterocycles. The normalized spacial score (nSPS) is 12.0. The molecule has 5 nitrogen and oxygen atoms in total. The van der Waals surface area contributed by atoms with Gasteiger partial charge in [-0.3, -0.25) is 4.79 Å². The second kappa shape index (κ2) is 8.19. The van der Waals surface area contributed by atoms with Crippen LogP contribution in [0, 0.1) is 0 Å². The van der Waals surface area contributed by atoms with Crippen molar-refractivity contribution in [2.24, 2.45) is 0 Å². The van der Waals surface area contributed by atoms with Crippen molar-refractivity contribution >= 4 is 17.7 Å². The van der Waals surface area contributed by atoms with Gasteiger partial charge in [0.05, 0.1) is 11.7 Å². The van der Waals surface area contributed by atoms with Crippen LogP contribution in [-0.2, 0) is 5.75 Å². The molecular formula is C20H22N4OS. The Labute approximate surface area is 158 Å². The van der Waals surface area contributed by atoms with Crippen molar-refractivity contribution in [3.63, 3.8) is 0 Å². The molecule has 1 unspecified atom stereocenters. The summed E-state index contributed by atoms with van der Waals surface area (Å²) in [7, 11) is 1.84. The van der Waals surface area contributed by atoms with Crippen LogP contribution in [0.4, 0.5) is 0 Å². The fourth-order valence-electron chi connectivity index (χ4n) is 2.76. The smallest absolute Gasteiger partial charge is 0.254 e. The van der Waals surface area contributed by atoms with Crippen molar-refractivity contribution in [3.05, 3.63) is 77.9 Å². The third-order valence-electron chi connectivity index (χ3n) is 4.47. The maximum atomic E-state index is 12.8. The SMILES string of the molecule is CSCc1ccc(C(=O)N(C)C(C)c2ccc(-n3cncn3)cc2)cc1. The quantitative estimate of drug-likeness (QED) is 0.662. The first kappa shape index (κ1) is 18.2. The summed E-state index contributed by atoms with van der Waals surface area (Å²) in [4.78, 5) is 18.5. The molecule has 0 aliphatic rings. The Morgan fingerprint density at radius 2 is 1.85 bits per heavy atom. The second-order valence-corrected chi connectivity index (χ2v) is 7.02. The van der Waals surface area contributed by atoms with Gasteiger partial charge < -0.3 is 4.90 Å². The van der Waals surface area contributed by atoms with Crippen LogP contribution in [0.3, 0.4) is 0 Å². The average molecular weight is 366 g/mol. The third-order valence-corrected chi connectivity index (χ3v) is 5.09. The number of thioether (sulfide) groups is 1. The summed E-state index contributed by atoms with van der Waals surface area (Å²) >= 11 is 1.77. The average Bonchev–Trinajstić information content (AvgIpc) is 3.22. The van der Waals surface area contributed by atoms with Crippen LogP contribution in [0.1, 0.15) is 34.5 Å². The molecule has 6 heteroatoms. The van der Waals surface area contributed by atoms with Crippen molar-refractivity contribution in [2.45, 2.75) is 18.7 Å². The van der Waals surface area contributed by atoms with E-state index in [0.29, 0.717) is 5.56 Å². The summed E-state index contributed by atoms with van der Waals surface area (Å²) in [6.45, 7) is 2.03. The fraction of sp³-hybridized carbons (Fsp3) is 0.250. The molecule has 0 saturated carbocycles. The molecule has 0 fully saturated rings. The highest BCUT2D eigenvalue weighted by Crippen LogP contribution is 2.22. The van der Waals surface area contributed by atoms with Crippen molar-refractivity contribution < 1.29 is 4.79 Å². The van der Waals surface area contributed by atoms with Gasteiger partial charge >= 0.3 is 0 Å². The molecule has 0 saturated heterocycles. The number of nitrogens with zero attached hydrogens (tertiary/aromatic N) is 4. The minimum Gasteiger partial charge on any atom is -0.335 e. The fourth-order valence-corrected chi connectivity index (χ4v) is 3.29. The summed E-state index contributed by atoms with van der Waals surface area (Å²) in [5.74, 6) is 0.979. The van der Waals surface area contributed by atoms with Gasteiger partial charge in [0.15, 0.2) is 0 Å². The van der Waals surface area contributed by atoms with Gasteiger partial charge in [0.2, 0.25) is 0 Å². The number of carbonyl (C=O) groups excluding carboxylic acids is 1. The van der Waals surface area contributed by atoms with E-state index in [9.17, 15) is 4.79 Å². The summed E-state index contributed by atoms with van der Waals surface area (Å²) in [5, 5.41) is 4.12. The number of benzene rings is 2. The zero-order valence-corrected chi connectivity index (χ0v) is 16.0.